The van der Waals surface area contributed by atoms with E-state index in [1.54, 1.807) is 6.07 Å². The van der Waals surface area contributed by atoms with Gasteiger partial charge in [0, 0.05) is 18.2 Å². The first-order valence-electron chi connectivity index (χ1n) is 4.94. The van der Waals surface area contributed by atoms with Crippen LogP contribution in [0.25, 0.3) is 0 Å². The van der Waals surface area contributed by atoms with Gasteiger partial charge in [-0.1, -0.05) is 28.1 Å². The predicted octanol–water partition coefficient (Wildman–Crippen LogP) is 2.84. The van der Waals surface area contributed by atoms with Crippen LogP contribution in [-0.2, 0) is 4.79 Å². The highest BCUT2D eigenvalue weighted by Gasteiger charge is 2.13. The van der Waals surface area contributed by atoms with Crippen molar-refractivity contribution in [1.82, 2.24) is 0 Å². The summed E-state index contributed by atoms with van der Waals surface area (Å²) >= 11 is 3.14. The number of hydrogen-bond acceptors (Lipinski definition) is 2. The smallest absolute Gasteiger partial charge is 0.221 e. The van der Waals surface area contributed by atoms with Gasteiger partial charge in [0.2, 0.25) is 5.91 Å². The van der Waals surface area contributed by atoms with Crippen LogP contribution in [0.1, 0.15) is 28.4 Å². The Balaban J connectivity index is 3.26. The standard InChI is InChI=1S/C12H14BrNO2/c1-7-4-5-10(11(16)6-13)8(2)12(7)14-9(3)15/h4-5H,6H2,1-3H3,(H,14,15). The van der Waals surface area contributed by atoms with Crippen LogP contribution in [0.2, 0.25) is 0 Å². The molecule has 0 bridgehead atoms. The number of halogens is 1. The minimum atomic E-state index is -0.130. The Morgan fingerprint density at radius 2 is 1.94 bits per heavy atom. The molecule has 1 aromatic rings. The maximum absolute atomic E-state index is 11.6. The average Bonchev–Trinajstić information content (AvgIpc) is 2.23. The molecule has 4 heteroatoms. The summed E-state index contributed by atoms with van der Waals surface area (Å²) in [6.45, 7) is 5.20. The molecule has 0 aliphatic carbocycles. The van der Waals surface area contributed by atoms with Gasteiger partial charge in [-0.3, -0.25) is 9.59 Å². The number of carbonyl (C=O) groups excluding carboxylic acids is 2. The van der Waals surface area contributed by atoms with Crippen LogP contribution < -0.4 is 5.32 Å². The number of anilines is 1. The molecule has 3 nitrogen and oxygen atoms in total. The second-order valence-electron chi connectivity index (χ2n) is 3.67. The molecule has 0 aromatic heterocycles. The molecule has 1 amide bonds. The molecule has 0 radical (unpaired) electrons. The average molecular weight is 284 g/mol. The molecule has 0 atom stereocenters. The summed E-state index contributed by atoms with van der Waals surface area (Å²) in [5.41, 5.74) is 3.16. The maximum atomic E-state index is 11.6. The number of amides is 1. The van der Waals surface area contributed by atoms with Crippen molar-refractivity contribution in [3.05, 3.63) is 28.8 Å². The van der Waals surface area contributed by atoms with Gasteiger partial charge < -0.3 is 5.32 Å². The van der Waals surface area contributed by atoms with Crippen LogP contribution >= 0.6 is 15.9 Å². The summed E-state index contributed by atoms with van der Waals surface area (Å²) in [5.74, 6) is -0.112. The van der Waals surface area contributed by atoms with Crippen LogP contribution in [0.3, 0.4) is 0 Å². The molecular weight excluding hydrogens is 270 g/mol. The maximum Gasteiger partial charge on any atom is 0.221 e. The summed E-state index contributed by atoms with van der Waals surface area (Å²) in [6, 6.07) is 3.63. The molecule has 16 heavy (non-hydrogen) atoms. The minimum absolute atomic E-state index is 0.0177. The summed E-state index contributed by atoms with van der Waals surface area (Å²) < 4.78 is 0. The normalized spacial score (nSPS) is 10.0. The van der Waals surface area contributed by atoms with Gasteiger partial charge in [-0.2, -0.15) is 0 Å². The molecule has 0 unspecified atom stereocenters. The summed E-state index contributed by atoms with van der Waals surface area (Å²) in [4.78, 5) is 22.7. The Morgan fingerprint density at radius 3 is 2.44 bits per heavy atom. The number of carbonyl (C=O) groups is 2. The lowest BCUT2D eigenvalue weighted by molar-refractivity contribution is -0.114. The van der Waals surface area contributed by atoms with E-state index < -0.39 is 0 Å². The number of ketones is 1. The molecule has 1 rings (SSSR count). The van der Waals surface area contributed by atoms with Crippen molar-refractivity contribution in [1.29, 1.82) is 0 Å². The van der Waals surface area contributed by atoms with Crippen molar-refractivity contribution >= 4 is 33.3 Å². The molecule has 86 valence electrons. The van der Waals surface area contributed by atoms with Crippen LogP contribution in [0.15, 0.2) is 12.1 Å². The van der Waals surface area contributed by atoms with Gasteiger partial charge >= 0.3 is 0 Å². The molecule has 0 aliphatic rings. The third kappa shape index (κ3) is 2.70. The molecule has 1 N–H and O–H groups in total. The first-order chi connectivity index (χ1) is 7.47. The number of Topliss-reactive ketones (excluding diaryl/α,β-unsaturated/α-hetero) is 1. The lowest BCUT2D eigenvalue weighted by Gasteiger charge is -2.13. The SMILES string of the molecule is CC(=O)Nc1c(C)ccc(C(=O)CBr)c1C. The van der Waals surface area contributed by atoms with Gasteiger partial charge in [-0.15, -0.1) is 0 Å². The van der Waals surface area contributed by atoms with E-state index in [1.165, 1.54) is 6.92 Å². The molecule has 0 heterocycles. The van der Waals surface area contributed by atoms with Crippen molar-refractivity contribution in [3.8, 4) is 0 Å². The first kappa shape index (κ1) is 12.9. The number of benzene rings is 1. The van der Waals surface area contributed by atoms with Crippen molar-refractivity contribution in [2.24, 2.45) is 0 Å². The van der Waals surface area contributed by atoms with E-state index in [-0.39, 0.29) is 17.0 Å². The van der Waals surface area contributed by atoms with E-state index in [2.05, 4.69) is 21.2 Å². The highest BCUT2D eigenvalue weighted by atomic mass is 79.9. The Morgan fingerprint density at radius 1 is 1.31 bits per heavy atom. The summed E-state index contributed by atoms with van der Waals surface area (Å²) in [5, 5.41) is 3.04. The highest BCUT2D eigenvalue weighted by Crippen LogP contribution is 2.24. The van der Waals surface area contributed by atoms with Gasteiger partial charge in [-0.05, 0) is 25.0 Å². The molecule has 1 aromatic carbocycles. The summed E-state index contributed by atoms with van der Waals surface area (Å²) in [7, 11) is 0. The topological polar surface area (TPSA) is 46.2 Å². The third-order valence-corrected chi connectivity index (χ3v) is 2.91. The number of alkyl halides is 1. The van der Waals surface area contributed by atoms with Gasteiger partial charge in [0.1, 0.15) is 0 Å². The lowest BCUT2D eigenvalue weighted by Crippen LogP contribution is -2.12. The lowest BCUT2D eigenvalue weighted by atomic mass is 10.00. The number of nitrogens with one attached hydrogen (secondary N) is 1. The second-order valence-corrected chi connectivity index (χ2v) is 4.23. The molecular formula is C12H14BrNO2. The fourth-order valence-corrected chi connectivity index (χ4v) is 1.89. The van der Waals surface area contributed by atoms with Crippen molar-refractivity contribution in [3.63, 3.8) is 0 Å². The van der Waals surface area contributed by atoms with Crippen molar-refractivity contribution < 1.29 is 9.59 Å². The number of hydrogen-bond donors (Lipinski definition) is 1. The van der Waals surface area contributed by atoms with Gasteiger partial charge in [0.25, 0.3) is 0 Å². The molecule has 0 aliphatic heterocycles. The summed E-state index contributed by atoms with van der Waals surface area (Å²) in [6.07, 6.45) is 0. The Bertz CT molecular complexity index is 441. The third-order valence-electron chi connectivity index (χ3n) is 2.40. The van der Waals surface area contributed by atoms with E-state index in [0.717, 1.165) is 16.8 Å². The monoisotopic (exact) mass is 283 g/mol. The van der Waals surface area contributed by atoms with Crippen molar-refractivity contribution in [2.75, 3.05) is 10.6 Å². The second kappa shape index (κ2) is 5.25. The van der Waals surface area contributed by atoms with E-state index in [0.29, 0.717) is 5.56 Å². The molecule has 0 spiro atoms. The zero-order valence-corrected chi connectivity index (χ0v) is 11.1. The highest BCUT2D eigenvalue weighted by molar-refractivity contribution is 9.09. The molecule has 0 saturated carbocycles. The van der Waals surface area contributed by atoms with E-state index in [4.69, 9.17) is 0 Å². The van der Waals surface area contributed by atoms with E-state index >= 15 is 0 Å². The van der Waals surface area contributed by atoms with Crippen LogP contribution in [0, 0.1) is 13.8 Å². The van der Waals surface area contributed by atoms with Gasteiger partial charge in [-0.25, -0.2) is 0 Å². The van der Waals surface area contributed by atoms with E-state index in [9.17, 15) is 9.59 Å². The Hall–Kier alpha value is -1.16. The Labute approximate surface area is 103 Å². The predicted molar refractivity (Wildman–Crippen MR) is 68.3 cm³/mol. The van der Waals surface area contributed by atoms with Crippen LogP contribution in [-0.4, -0.2) is 17.0 Å². The number of aryl methyl sites for hydroxylation is 1. The zero-order chi connectivity index (χ0) is 12.3. The number of rotatable bonds is 3. The molecule has 0 saturated heterocycles. The van der Waals surface area contributed by atoms with Crippen molar-refractivity contribution in [2.45, 2.75) is 20.8 Å². The zero-order valence-electron chi connectivity index (χ0n) is 9.56. The fraction of sp³-hybridized carbons (Fsp3) is 0.333. The van der Waals surface area contributed by atoms with Crippen LogP contribution in [0.5, 0.6) is 0 Å². The quantitative estimate of drug-likeness (QED) is 0.685. The minimum Gasteiger partial charge on any atom is -0.326 e. The largest absolute Gasteiger partial charge is 0.326 e. The van der Waals surface area contributed by atoms with Crippen LogP contribution in [0.4, 0.5) is 5.69 Å². The first-order valence-corrected chi connectivity index (χ1v) is 6.06. The van der Waals surface area contributed by atoms with Gasteiger partial charge in [0.15, 0.2) is 5.78 Å². The van der Waals surface area contributed by atoms with Gasteiger partial charge in [0.05, 0.1) is 5.33 Å². The fourth-order valence-electron chi connectivity index (χ4n) is 1.59. The Kier molecular flexibility index (Phi) is 4.24. The molecule has 0 fully saturated rings. The van der Waals surface area contributed by atoms with E-state index in [1.807, 2.05) is 19.9 Å².